The van der Waals surface area contributed by atoms with E-state index in [2.05, 4.69) is 106 Å². The summed E-state index contributed by atoms with van der Waals surface area (Å²) in [6.07, 6.45) is 0. The second-order valence-electron chi connectivity index (χ2n) is 6.82. The SMILES string of the molecule is Cc1ccc(COc2c(Br)cc(Br)cc2CNc2cc(C)ccc2C)cc1. The molecule has 0 saturated carbocycles. The molecule has 0 bridgehead atoms. The van der Waals surface area contributed by atoms with E-state index in [-0.39, 0.29) is 0 Å². The quantitative estimate of drug-likeness (QED) is 0.392. The number of hydrogen-bond acceptors (Lipinski definition) is 2. The molecule has 0 atom stereocenters. The minimum atomic E-state index is 0.539. The van der Waals surface area contributed by atoms with Crippen molar-refractivity contribution in [3.63, 3.8) is 0 Å². The Morgan fingerprint density at radius 1 is 0.852 bits per heavy atom. The van der Waals surface area contributed by atoms with Gasteiger partial charge in [-0.1, -0.05) is 57.9 Å². The van der Waals surface area contributed by atoms with Crippen molar-refractivity contribution in [1.82, 2.24) is 0 Å². The molecule has 3 rings (SSSR count). The molecule has 0 spiro atoms. The molecule has 0 fully saturated rings. The lowest BCUT2D eigenvalue weighted by atomic mass is 10.1. The van der Waals surface area contributed by atoms with Gasteiger partial charge in [-0.3, -0.25) is 0 Å². The summed E-state index contributed by atoms with van der Waals surface area (Å²) >= 11 is 7.24. The van der Waals surface area contributed by atoms with Crippen molar-refractivity contribution in [3.05, 3.63) is 91.4 Å². The molecular formula is C23H23Br2NO. The van der Waals surface area contributed by atoms with Crippen LogP contribution in [-0.2, 0) is 13.2 Å². The van der Waals surface area contributed by atoms with Crippen LogP contribution in [0.3, 0.4) is 0 Å². The van der Waals surface area contributed by atoms with Crippen LogP contribution < -0.4 is 10.1 Å². The number of aryl methyl sites for hydroxylation is 3. The van der Waals surface area contributed by atoms with Crippen LogP contribution in [0.2, 0.25) is 0 Å². The Kier molecular flexibility index (Phi) is 6.61. The molecule has 140 valence electrons. The topological polar surface area (TPSA) is 21.3 Å². The summed E-state index contributed by atoms with van der Waals surface area (Å²) in [5.74, 6) is 0.872. The largest absolute Gasteiger partial charge is 0.487 e. The number of rotatable bonds is 6. The standard InChI is InChI=1S/C23H23Br2NO/c1-15-5-8-18(9-6-15)14-27-23-19(11-20(24)12-21(23)25)13-26-22-10-16(2)4-7-17(22)3/h4-12,26H,13-14H2,1-3H3. The number of nitrogens with one attached hydrogen (secondary N) is 1. The first kappa shape index (κ1) is 20.0. The molecular weight excluding hydrogens is 466 g/mol. The molecule has 0 aliphatic heterocycles. The summed E-state index contributed by atoms with van der Waals surface area (Å²) < 4.78 is 8.15. The van der Waals surface area contributed by atoms with Crippen molar-refractivity contribution in [3.8, 4) is 5.75 Å². The van der Waals surface area contributed by atoms with Crippen molar-refractivity contribution in [2.75, 3.05) is 5.32 Å². The van der Waals surface area contributed by atoms with Gasteiger partial charge in [-0.2, -0.15) is 0 Å². The zero-order valence-electron chi connectivity index (χ0n) is 15.8. The van der Waals surface area contributed by atoms with Crippen LogP contribution in [0.5, 0.6) is 5.75 Å². The van der Waals surface area contributed by atoms with Gasteiger partial charge in [0.05, 0.1) is 4.47 Å². The van der Waals surface area contributed by atoms with E-state index < -0.39 is 0 Å². The summed E-state index contributed by atoms with van der Waals surface area (Å²) in [5.41, 5.74) is 7.14. The van der Waals surface area contributed by atoms with E-state index in [1.54, 1.807) is 0 Å². The molecule has 2 nitrogen and oxygen atoms in total. The molecule has 0 unspecified atom stereocenters. The van der Waals surface area contributed by atoms with Gasteiger partial charge < -0.3 is 10.1 Å². The third-order valence-electron chi connectivity index (χ3n) is 4.45. The predicted octanol–water partition coefficient (Wildman–Crippen LogP) is 7.33. The lowest BCUT2D eigenvalue weighted by molar-refractivity contribution is 0.301. The van der Waals surface area contributed by atoms with Gasteiger partial charge in [0, 0.05) is 22.3 Å². The summed E-state index contributed by atoms with van der Waals surface area (Å²) in [6.45, 7) is 7.54. The normalized spacial score (nSPS) is 10.7. The Morgan fingerprint density at radius 3 is 2.30 bits per heavy atom. The van der Waals surface area contributed by atoms with E-state index in [4.69, 9.17) is 4.74 Å². The fraction of sp³-hybridized carbons (Fsp3) is 0.217. The lowest BCUT2D eigenvalue weighted by Crippen LogP contribution is -2.05. The zero-order valence-corrected chi connectivity index (χ0v) is 18.9. The third-order valence-corrected chi connectivity index (χ3v) is 5.50. The highest BCUT2D eigenvalue weighted by atomic mass is 79.9. The van der Waals surface area contributed by atoms with Gasteiger partial charge in [-0.15, -0.1) is 0 Å². The first-order valence-electron chi connectivity index (χ1n) is 8.90. The molecule has 0 heterocycles. The van der Waals surface area contributed by atoms with E-state index in [0.29, 0.717) is 13.2 Å². The number of hydrogen-bond donors (Lipinski definition) is 1. The highest BCUT2D eigenvalue weighted by molar-refractivity contribution is 9.11. The van der Waals surface area contributed by atoms with Crippen molar-refractivity contribution < 1.29 is 4.74 Å². The second kappa shape index (κ2) is 8.94. The second-order valence-corrected chi connectivity index (χ2v) is 8.59. The van der Waals surface area contributed by atoms with Crippen molar-refractivity contribution in [2.24, 2.45) is 0 Å². The van der Waals surface area contributed by atoms with Crippen LogP contribution in [0.1, 0.15) is 27.8 Å². The minimum absolute atomic E-state index is 0.539. The Bertz CT molecular complexity index is 936. The molecule has 0 saturated heterocycles. The number of anilines is 1. The molecule has 0 aliphatic rings. The van der Waals surface area contributed by atoms with Gasteiger partial charge >= 0.3 is 0 Å². The molecule has 0 amide bonds. The first-order chi connectivity index (χ1) is 12.9. The maximum absolute atomic E-state index is 6.18. The predicted molar refractivity (Wildman–Crippen MR) is 121 cm³/mol. The maximum Gasteiger partial charge on any atom is 0.139 e. The van der Waals surface area contributed by atoms with Crippen LogP contribution >= 0.6 is 31.9 Å². The molecule has 0 aliphatic carbocycles. The van der Waals surface area contributed by atoms with Gasteiger partial charge in [0.15, 0.2) is 0 Å². The fourth-order valence-corrected chi connectivity index (χ4v) is 4.29. The van der Waals surface area contributed by atoms with Crippen LogP contribution in [0.4, 0.5) is 5.69 Å². The Labute approximate surface area is 178 Å². The van der Waals surface area contributed by atoms with Gasteiger partial charge in [-0.05, 0) is 71.6 Å². The van der Waals surface area contributed by atoms with E-state index in [9.17, 15) is 0 Å². The van der Waals surface area contributed by atoms with Crippen LogP contribution in [0, 0.1) is 20.8 Å². The van der Waals surface area contributed by atoms with Crippen molar-refractivity contribution >= 4 is 37.5 Å². The average Bonchev–Trinajstić information content (AvgIpc) is 2.63. The molecule has 3 aromatic rings. The van der Waals surface area contributed by atoms with Crippen LogP contribution in [0.25, 0.3) is 0 Å². The Morgan fingerprint density at radius 2 is 1.56 bits per heavy atom. The van der Waals surface area contributed by atoms with Crippen molar-refractivity contribution in [1.29, 1.82) is 0 Å². The summed E-state index contributed by atoms with van der Waals surface area (Å²) in [5, 5.41) is 3.55. The molecule has 3 aromatic carbocycles. The highest BCUT2D eigenvalue weighted by Gasteiger charge is 2.11. The number of halogens is 2. The lowest BCUT2D eigenvalue weighted by Gasteiger charge is -2.16. The van der Waals surface area contributed by atoms with E-state index in [1.807, 2.05) is 6.07 Å². The number of benzene rings is 3. The molecule has 0 radical (unpaired) electrons. The van der Waals surface area contributed by atoms with Crippen LogP contribution in [-0.4, -0.2) is 0 Å². The molecule has 27 heavy (non-hydrogen) atoms. The van der Waals surface area contributed by atoms with E-state index >= 15 is 0 Å². The van der Waals surface area contributed by atoms with Gasteiger partial charge in [0.25, 0.3) is 0 Å². The van der Waals surface area contributed by atoms with E-state index in [0.717, 1.165) is 31.5 Å². The summed E-state index contributed by atoms with van der Waals surface area (Å²) in [7, 11) is 0. The Balaban J connectivity index is 1.79. The van der Waals surface area contributed by atoms with E-state index in [1.165, 1.54) is 16.7 Å². The average molecular weight is 489 g/mol. The molecule has 1 N–H and O–H groups in total. The van der Waals surface area contributed by atoms with Gasteiger partial charge in [0.1, 0.15) is 12.4 Å². The monoisotopic (exact) mass is 487 g/mol. The fourth-order valence-electron chi connectivity index (χ4n) is 2.86. The number of ether oxygens (including phenoxy) is 1. The zero-order chi connectivity index (χ0) is 19.4. The summed E-state index contributed by atoms with van der Waals surface area (Å²) in [4.78, 5) is 0. The third kappa shape index (κ3) is 5.36. The smallest absolute Gasteiger partial charge is 0.139 e. The minimum Gasteiger partial charge on any atom is -0.487 e. The maximum atomic E-state index is 6.18. The molecule has 0 aromatic heterocycles. The van der Waals surface area contributed by atoms with Gasteiger partial charge in [0.2, 0.25) is 0 Å². The first-order valence-corrected chi connectivity index (χ1v) is 10.5. The Hall–Kier alpha value is -1.78. The molecule has 4 heteroatoms. The van der Waals surface area contributed by atoms with Crippen LogP contribution in [0.15, 0.2) is 63.5 Å². The highest BCUT2D eigenvalue weighted by Crippen LogP contribution is 2.34. The van der Waals surface area contributed by atoms with Gasteiger partial charge in [-0.25, -0.2) is 0 Å². The summed E-state index contributed by atoms with van der Waals surface area (Å²) in [6, 6.07) is 19.0. The van der Waals surface area contributed by atoms with Crippen molar-refractivity contribution in [2.45, 2.75) is 33.9 Å².